The second kappa shape index (κ2) is 6.00. The quantitative estimate of drug-likeness (QED) is 0.685. The van der Waals surface area contributed by atoms with Gasteiger partial charge in [-0.2, -0.15) is 0 Å². The third-order valence-electron chi connectivity index (χ3n) is 2.84. The summed E-state index contributed by atoms with van der Waals surface area (Å²) in [6.45, 7) is 1.81. The van der Waals surface area contributed by atoms with Crippen LogP contribution < -0.4 is 4.74 Å². The molecule has 0 saturated carbocycles. The van der Waals surface area contributed by atoms with Gasteiger partial charge in [-0.1, -0.05) is 0 Å². The third-order valence-corrected chi connectivity index (χ3v) is 2.84. The van der Waals surface area contributed by atoms with Crippen LogP contribution in [0.4, 0.5) is 5.69 Å². The van der Waals surface area contributed by atoms with Gasteiger partial charge < -0.3 is 9.84 Å². The summed E-state index contributed by atoms with van der Waals surface area (Å²) in [7, 11) is 1.34. The van der Waals surface area contributed by atoms with E-state index in [1.165, 1.54) is 19.2 Å². The number of aromatic nitrogens is 2. The number of aromatic hydroxyl groups is 1. The van der Waals surface area contributed by atoms with E-state index in [1.54, 1.807) is 24.7 Å². The van der Waals surface area contributed by atoms with Gasteiger partial charge in [-0.05, 0) is 30.2 Å². The van der Waals surface area contributed by atoms with E-state index in [2.05, 4.69) is 9.97 Å². The van der Waals surface area contributed by atoms with Crippen LogP contribution in [0.5, 0.6) is 11.5 Å². The molecule has 0 aliphatic heterocycles. The van der Waals surface area contributed by atoms with Gasteiger partial charge >= 0.3 is 5.69 Å². The van der Waals surface area contributed by atoms with Crippen molar-refractivity contribution in [2.24, 2.45) is 0 Å². The van der Waals surface area contributed by atoms with Crippen LogP contribution in [0.1, 0.15) is 18.2 Å². The zero-order chi connectivity index (χ0) is 15.4. The molecule has 2 aromatic rings. The standard InChI is InChI=1S/C14H13N3O4/c1-9(11-8-15-3-4-16-11)5-10-6-12(17(19)20)14(18)13(7-10)21-2/h3-8,18H,1-2H3. The fraction of sp³-hybridized carbons (Fsp3) is 0.143. The van der Waals surface area contributed by atoms with Crippen molar-refractivity contribution in [2.75, 3.05) is 7.11 Å². The topological polar surface area (TPSA) is 98.4 Å². The van der Waals surface area contributed by atoms with E-state index in [0.717, 1.165) is 5.57 Å². The van der Waals surface area contributed by atoms with Gasteiger partial charge in [0.2, 0.25) is 5.75 Å². The highest BCUT2D eigenvalue weighted by atomic mass is 16.6. The molecule has 7 heteroatoms. The zero-order valence-corrected chi connectivity index (χ0v) is 11.5. The monoisotopic (exact) mass is 287 g/mol. The van der Waals surface area contributed by atoms with Crippen molar-refractivity contribution in [3.05, 3.63) is 52.1 Å². The van der Waals surface area contributed by atoms with E-state index in [9.17, 15) is 15.2 Å². The first-order valence-electron chi connectivity index (χ1n) is 6.03. The molecule has 0 amide bonds. The maximum absolute atomic E-state index is 10.9. The first kappa shape index (κ1) is 14.4. The molecular formula is C14H13N3O4. The summed E-state index contributed by atoms with van der Waals surface area (Å²) in [6, 6.07) is 2.79. The molecule has 0 fully saturated rings. The summed E-state index contributed by atoms with van der Waals surface area (Å²) in [4.78, 5) is 18.4. The van der Waals surface area contributed by atoms with Crippen LogP contribution in [0.25, 0.3) is 11.6 Å². The van der Waals surface area contributed by atoms with E-state index in [0.29, 0.717) is 11.3 Å². The smallest absolute Gasteiger partial charge is 0.315 e. The fourth-order valence-electron chi connectivity index (χ4n) is 1.82. The molecule has 0 atom stereocenters. The second-order valence-corrected chi connectivity index (χ2v) is 4.27. The number of allylic oxidation sites excluding steroid dienone is 1. The fourth-order valence-corrected chi connectivity index (χ4v) is 1.82. The molecule has 1 heterocycles. The molecule has 0 aliphatic carbocycles. The Morgan fingerprint density at radius 1 is 1.43 bits per heavy atom. The van der Waals surface area contributed by atoms with Crippen molar-refractivity contribution in [3.8, 4) is 11.5 Å². The van der Waals surface area contributed by atoms with E-state index >= 15 is 0 Å². The van der Waals surface area contributed by atoms with Gasteiger partial charge in [-0.25, -0.2) is 0 Å². The Morgan fingerprint density at radius 2 is 2.19 bits per heavy atom. The van der Waals surface area contributed by atoms with E-state index < -0.39 is 16.4 Å². The summed E-state index contributed by atoms with van der Waals surface area (Å²) in [5.74, 6) is -0.445. The predicted octanol–water partition coefficient (Wildman–Crippen LogP) is 2.66. The van der Waals surface area contributed by atoms with Gasteiger partial charge in [0.15, 0.2) is 5.75 Å². The van der Waals surface area contributed by atoms with Crippen molar-refractivity contribution >= 4 is 17.3 Å². The lowest BCUT2D eigenvalue weighted by Gasteiger charge is -2.06. The summed E-state index contributed by atoms with van der Waals surface area (Å²) < 4.78 is 4.95. The Kier molecular flexibility index (Phi) is 4.13. The Labute approximate surface area is 120 Å². The maximum atomic E-state index is 10.9. The van der Waals surface area contributed by atoms with Gasteiger partial charge in [0.25, 0.3) is 0 Å². The lowest BCUT2D eigenvalue weighted by atomic mass is 10.1. The van der Waals surface area contributed by atoms with Gasteiger partial charge in [0, 0.05) is 18.5 Å². The number of nitrogens with zero attached hydrogens (tertiary/aromatic N) is 3. The SMILES string of the molecule is COc1cc(C=C(C)c2cnccn2)cc([N+](=O)[O-])c1O. The lowest BCUT2D eigenvalue weighted by molar-refractivity contribution is -0.386. The van der Waals surface area contributed by atoms with Gasteiger partial charge in [0.05, 0.1) is 23.9 Å². The summed E-state index contributed by atoms with van der Waals surface area (Å²) in [5.41, 5.74) is 1.56. The molecule has 2 rings (SSSR count). The summed E-state index contributed by atoms with van der Waals surface area (Å²) in [5, 5.41) is 20.7. The highest BCUT2D eigenvalue weighted by molar-refractivity contribution is 5.80. The molecular weight excluding hydrogens is 274 g/mol. The molecule has 108 valence electrons. The van der Waals surface area contributed by atoms with Crippen LogP contribution in [0.15, 0.2) is 30.7 Å². The molecule has 1 aromatic heterocycles. The largest absolute Gasteiger partial charge is 0.500 e. The zero-order valence-electron chi connectivity index (χ0n) is 11.5. The first-order chi connectivity index (χ1) is 10.0. The van der Waals surface area contributed by atoms with Crippen LogP contribution in [-0.2, 0) is 0 Å². The second-order valence-electron chi connectivity index (χ2n) is 4.27. The number of phenolic OH excluding ortho intramolecular Hbond substituents is 1. The summed E-state index contributed by atoms with van der Waals surface area (Å²) >= 11 is 0. The van der Waals surface area contributed by atoms with Crippen molar-refractivity contribution in [2.45, 2.75) is 6.92 Å². The molecule has 0 saturated heterocycles. The van der Waals surface area contributed by atoms with Gasteiger partial charge in [-0.3, -0.25) is 20.1 Å². The molecule has 1 aromatic carbocycles. The minimum atomic E-state index is -0.660. The Balaban J connectivity index is 2.49. The van der Waals surface area contributed by atoms with Crippen LogP contribution in [0, 0.1) is 10.1 Å². The maximum Gasteiger partial charge on any atom is 0.315 e. The number of hydrogen-bond acceptors (Lipinski definition) is 6. The highest BCUT2D eigenvalue weighted by Gasteiger charge is 2.19. The minimum absolute atomic E-state index is 0.0439. The number of ether oxygens (including phenoxy) is 1. The van der Waals surface area contributed by atoms with Crippen molar-refractivity contribution in [3.63, 3.8) is 0 Å². The molecule has 1 N–H and O–H groups in total. The normalized spacial score (nSPS) is 11.2. The number of methoxy groups -OCH3 is 1. The van der Waals surface area contributed by atoms with Crippen molar-refractivity contribution in [1.29, 1.82) is 0 Å². The number of phenols is 1. The third kappa shape index (κ3) is 3.14. The molecule has 0 aliphatic rings. The van der Waals surface area contributed by atoms with Gasteiger partial charge in [-0.15, -0.1) is 0 Å². The minimum Gasteiger partial charge on any atom is -0.500 e. The first-order valence-corrected chi connectivity index (χ1v) is 6.03. The van der Waals surface area contributed by atoms with Crippen LogP contribution >= 0.6 is 0 Å². The molecule has 0 radical (unpaired) electrons. The van der Waals surface area contributed by atoms with Crippen LogP contribution in [-0.4, -0.2) is 27.1 Å². The molecule has 7 nitrogen and oxygen atoms in total. The average Bonchev–Trinajstić information content (AvgIpc) is 2.49. The number of hydrogen-bond donors (Lipinski definition) is 1. The van der Waals surface area contributed by atoms with Gasteiger partial charge in [0.1, 0.15) is 0 Å². The van der Waals surface area contributed by atoms with E-state index in [1.807, 2.05) is 6.92 Å². The Hall–Kier alpha value is -2.96. The lowest BCUT2D eigenvalue weighted by Crippen LogP contribution is -1.93. The molecule has 0 bridgehead atoms. The number of benzene rings is 1. The number of nitro groups is 1. The van der Waals surface area contributed by atoms with E-state index in [-0.39, 0.29) is 5.75 Å². The summed E-state index contributed by atoms with van der Waals surface area (Å²) in [6.07, 6.45) is 6.43. The molecule has 21 heavy (non-hydrogen) atoms. The Bertz CT molecular complexity index is 699. The van der Waals surface area contributed by atoms with Crippen molar-refractivity contribution < 1.29 is 14.8 Å². The van der Waals surface area contributed by atoms with Crippen LogP contribution in [0.2, 0.25) is 0 Å². The van der Waals surface area contributed by atoms with Crippen LogP contribution in [0.3, 0.4) is 0 Å². The van der Waals surface area contributed by atoms with Crippen molar-refractivity contribution in [1.82, 2.24) is 9.97 Å². The molecule has 0 unspecified atom stereocenters. The molecule has 0 spiro atoms. The van der Waals surface area contributed by atoms with E-state index in [4.69, 9.17) is 4.74 Å². The predicted molar refractivity (Wildman–Crippen MR) is 76.9 cm³/mol. The number of nitro benzene ring substituents is 1. The number of rotatable bonds is 4. The highest BCUT2D eigenvalue weighted by Crippen LogP contribution is 2.37. The Morgan fingerprint density at radius 3 is 2.76 bits per heavy atom. The average molecular weight is 287 g/mol.